The molecule has 0 amide bonds. The standard InChI is InChI=1S/C16H27N3O2.HI/c1-3-17-16(18-9-8-15-5-4-11-21-15)19(2)10-12-20-13-14-6-7-14;/h4-5,11,14H,3,6-10,12-13H2,1-2H3,(H,17,18);1H. The number of rotatable bonds is 9. The summed E-state index contributed by atoms with van der Waals surface area (Å²) in [6, 6.07) is 3.89. The summed E-state index contributed by atoms with van der Waals surface area (Å²) in [5.41, 5.74) is 0. The van der Waals surface area contributed by atoms with Crippen LogP contribution in [0.25, 0.3) is 0 Å². The lowest BCUT2D eigenvalue weighted by Crippen LogP contribution is -2.40. The number of guanidine groups is 1. The molecule has 0 aliphatic heterocycles. The molecule has 1 aromatic heterocycles. The first-order valence-electron chi connectivity index (χ1n) is 7.89. The first kappa shape index (κ1) is 19.3. The summed E-state index contributed by atoms with van der Waals surface area (Å²) in [4.78, 5) is 6.75. The minimum Gasteiger partial charge on any atom is -0.469 e. The SMILES string of the molecule is CCNC(=NCCc1ccco1)N(C)CCOCC1CC1.I. The summed E-state index contributed by atoms with van der Waals surface area (Å²) in [6.45, 7) is 6.21. The Morgan fingerprint density at radius 3 is 2.95 bits per heavy atom. The molecular formula is C16H28IN3O2. The van der Waals surface area contributed by atoms with Crippen LogP contribution in [0.5, 0.6) is 0 Å². The van der Waals surface area contributed by atoms with Gasteiger partial charge < -0.3 is 19.4 Å². The van der Waals surface area contributed by atoms with Gasteiger partial charge in [-0.1, -0.05) is 0 Å². The Morgan fingerprint density at radius 2 is 2.32 bits per heavy atom. The summed E-state index contributed by atoms with van der Waals surface area (Å²) in [5.74, 6) is 2.73. The van der Waals surface area contributed by atoms with Gasteiger partial charge in [0.1, 0.15) is 5.76 Å². The number of nitrogens with one attached hydrogen (secondary N) is 1. The molecule has 22 heavy (non-hydrogen) atoms. The van der Waals surface area contributed by atoms with Gasteiger partial charge in [-0.2, -0.15) is 0 Å². The third-order valence-electron chi connectivity index (χ3n) is 3.52. The number of hydrogen-bond acceptors (Lipinski definition) is 3. The Labute approximate surface area is 150 Å². The zero-order valence-electron chi connectivity index (χ0n) is 13.6. The zero-order valence-corrected chi connectivity index (χ0v) is 15.9. The Balaban J connectivity index is 0.00000242. The molecule has 126 valence electrons. The van der Waals surface area contributed by atoms with Crippen LogP contribution in [-0.4, -0.2) is 50.8 Å². The molecule has 0 unspecified atom stereocenters. The van der Waals surface area contributed by atoms with Crippen LogP contribution in [0.2, 0.25) is 0 Å². The van der Waals surface area contributed by atoms with Crippen LogP contribution in [0.4, 0.5) is 0 Å². The van der Waals surface area contributed by atoms with Gasteiger partial charge in [0.05, 0.1) is 12.9 Å². The van der Waals surface area contributed by atoms with E-state index in [9.17, 15) is 0 Å². The van der Waals surface area contributed by atoms with Gasteiger partial charge in [0.2, 0.25) is 0 Å². The van der Waals surface area contributed by atoms with Crippen molar-refractivity contribution in [2.45, 2.75) is 26.2 Å². The van der Waals surface area contributed by atoms with Crippen LogP contribution in [0.3, 0.4) is 0 Å². The molecular weight excluding hydrogens is 393 g/mol. The summed E-state index contributed by atoms with van der Waals surface area (Å²) in [6.07, 6.45) is 5.21. The average molecular weight is 421 g/mol. The van der Waals surface area contributed by atoms with Crippen LogP contribution in [0.1, 0.15) is 25.5 Å². The van der Waals surface area contributed by atoms with Crippen molar-refractivity contribution < 1.29 is 9.15 Å². The Kier molecular flexibility index (Phi) is 9.54. The van der Waals surface area contributed by atoms with E-state index in [0.717, 1.165) is 56.9 Å². The van der Waals surface area contributed by atoms with E-state index in [4.69, 9.17) is 9.15 Å². The molecule has 0 atom stereocenters. The fourth-order valence-electron chi connectivity index (χ4n) is 2.04. The third kappa shape index (κ3) is 7.49. The highest BCUT2D eigenvalue weighted by Gasteiger charge is 2.21. The minimum absolute atomic E-state index is 0. The number of halogens is 1. The van der Waals surface area contributed by atoms with Gasteiger partial charge in [-0.25, -0.2) is 0 Å². The second-order valence-corrected chi connectivity index (χ2v) is 5.50. The lowest BCUT2D eigenvalue weighted by Gasteiger charge is -2.22. The van der Waals surface area contributed by atoms with Gasteiger partial charge in [-0.15, -0.1) is 24.0 Å². The summed E-state index contributed by atoms with van der Waals surface area (Å²) < 4.78 is 11.0. The molecule has 1 saturated carbocycles. The molecule has 5 nitrogen and oxygen atoms in total. The molecule has 2 rings (SSSR count). The maximum absolute atomic E-state index is 5.68. The molecule has 1 aromatic rings. The average Bonchev–Trinajstić information content (AvgIpc) is 3.17. The Hall–Kier alpha value is -0.760. The first-order valence-corrected chi connectivity index (χ1v) is 7.89. The summed E-state index contributed by atoms with van der Waals surface area (Å²) >= 11 is 0. The fourth-order valence-corrected chi connectivity index (χ4v) is 2.04. The van der Waals surface area contributed by atoms with E-state index in [1.807, 2.05) is 12.1 Å². The molecule has 1 heterocycles. The normalized spacial score (nSPS) is 14.5. The molecule has 1 aliphatic carbocycles. The molecule has 0 spiro atoms. The summed E-state index contributed by atoms with van der Waals surface area (Å²) in [5, 5.41) is 3.31. The molecule has 1 fully saturated rings. The lowest BCUT2D eigenvalue weighted by atomic mass is 10.3. The number of ether oxygens (including phenoxy) is 1. The van der Waals surface area contributed by atoms with Crippen LogP contribution in [0, 0.1) is 5.92 Å². The molecule has 0 aromatic carbocycles. The van der Waals surface area contributed by atoms with Gasteiger partial charge >= 0.3 is 0 Å². The van der Waals surface area contributed by atoms with E-state index < -0.39 is 0 Å². The zero-order chi connectivity index (χ0) is 14.9. The monoisotopic (exact) mass is 421 g/mol. The van der Waals surface area contributed by atoms with Crippen molar-refractivity contribution in [1.82, 2.24) is 10.2 Å². The van der Waals surface area contributed by atoms with Crippen molar-refractivity contribution in [2.75, 3.05) is 39.9 Å². The highest BCUT2D eigenvalue weighted by molar-refractivity contribution is 14.0. The largest absolute Gasteiger partial charge is 0.469 e. The van der Waals surface area contributed by atoms with Crippen LogP contribution >= 0.6 is 24.0 Å². The highest BCUT2D eigenvalue weighted by atomic mass is 127. The van der Waals surface area contributed by atoms with Crippen LogP contribution in [0.15, 0.2) is 27.8 Å². The number of aliphatic imine (C=N–C) groups is 1. The van der Waals surface area contributed by atoms with Crippen molar-refractivity contribution >= 4 is 29.9 Å². The smallest absolute Gasteiger partial charge is 0.193 e. The van der Waals surface area contributed by atoms with Crippen LogP contribution < -0.4 is 5.32 Å². The van der Waals surface area contributed by atoms with Crippen molar-refractivity contribution in [3.8, 4) is 0 Å². The predicted molar refractivity (Wildman–Crippen MR) is 100.0 cm³/mol. The predicted octanol–water partition coefficient (Wildman–Crippen LogP) is 2.76. The second kappa shape index (κ2) is 10.9. The molecule has 1 N–H and O–H groups in total. The van der Waals surface area contributed by atoms with E-state index in [1.165, 1.54) is 12.8 Å². The Morgan fingerprint density at radius 1 is 1.50 bits per heavy atom. The molecule has 0 saturated heterocycles. The van der Waals surface area contributed by atoms with E-state index >= 15 is 0 Å². The number of nitrogens with zero attached hydrogens (tertiary/aromatic N) is 2. The second-order valence-electron chi connectivity index (χ2n) is 5.50. The van der Waals surface area contributed by atoms with Crippen LogP contribution in [-0.2, 0) is 11.2 Å². The van der Waals surface area contributed by atoms with Gasteiger partial charge in [0.25, 0.3) is 0 Å². The van der Waals surface area contributed by atoms with Gasteiger partial charge in [0, 0.05) is 39.7 Å². The van der Waals surface area contributed by atoms with E-state index in [2.05, 4.69) is 29.2 Å². The van der Waals surface area contributed by atoms with E-state index in [-0.39, 0.29) is 24.0 Å². The van der Waals surface area contributed by atoms with E-state index in [0.29, 0.717) is 0 Å². The maximum atomic E-state index is 5.68. The van der Waals surface area contributed by atoms with Crippen molar-refractivity contribution in [3.63, 3.8) is 0 Å². The molecule has 1 aliphatic rings. The van der Waals surface area contributed by atoms with Gasteiger partial charge in [0.15, 0.2) is 5.96 Å². The number of furan rings is 1. The highest BCUT2D eigenvalue weighted by Crippen LogP contribution is 2.28. The van der Waals surface area contributed by atoms with Gasteiger partial charge in [-0.05, 0) is 37.8 Å². The summed E-state index contributed by atoms with van der Waals surface area (Å²) in [7, 11) is 2.05. The van der Waals surface area contributed by atoms with Crippen molar-refractivity contribution in [1.29, 1.82) is 0 Å². The molecule has 6 heteroatoms. The lowest BCUT2D eigenvalue weighted by molar-refractivity contribution is 0.115. The fraction of sp³-hybridized carbons (Fsp3) is 0.688. The molecule has 0 bridgehead atoms. The quantitative estimate of drug-likeness (QED) is 0.288. The number of hydrogen-bond donors (Lipinski definition) is 1. The number of likely N-dealkylation sites (N-methyl/N-ethyl adjacent to an activating group) is 1. The third-order valence-corrected chi connectivity index (χ3v) is 3.52. The van der Waals surface area contributed by atoms with Crippen molar-refractivity contribution in [2.24, 2.45) is 10.9 Å². The van der Waals surface area contributed by atoms with Crippen molar-refractivity contribution in [3.05, 3.63) is 24.2 Å². The van der Waals surface area contributed by atoms with Gasteiger partial charge in [-0.3, -0.25) is 4.99 Å². The molecule has 0 radical (unpaired) electrons. The Bertz CT molecular complexity index is 419. The topological polar surface area (TPSA) is 50.0 Å². The minimum atomic E-state index is 0. The maximum Gasteiger partial charge on any atom is 0.193 e. The van der Waals surface area contributed by atoms with E-state index in [1.54, 1.807) is 6.26 Å². The first-order chi connectivity index (χ1) is 10.3.